The lowest BCUT2D eigenvalue weighted by atomic mass is 9.89. The molecular formula is C16H31N3O. The van der Waals surface area contributed by atoms with Gasteiger partial charge in [0.05, 0.1) is 5.54 Å². The maximum Gasteiger partial charge on any atom is 0.242 e. The van der Waals surface area contributed by atoms with Crippen LogP contribution in [0.15, 0.2) is 0 Å². The topological polar surface area (TPSA) is 35.6 Å². The van der Waals surface area contributed by atoms with Crippen LogP contribution in [-0.2, 0) is 4.79 Å². The van der Waals surface area contributed by atoms with Crippen LogP contribution in [0.2, 0.25) is 0 Å². The maximum absolute atomic E-state index is 13.1. The standard InChI is InChI=1S/C16H31N3O/c1-16(10-6-7-11-17-16)15(20)19(13-12-18(2)3)14-8-4-5-9-14/h14,17H,4-13H2,1-3H3. The molecule has 2 fully saturated rings. The molecule has 1 atom stereocenters. The van der Waals surface area contributed by atoms with Crippen LogP contribution in [0.4, 0.5) is 0 Å². The van der Waals surface area contributed by atoms with Crippen molar-refractivity contribution in [2.45, 2.75) is 63.5 Å². The Morgan fingerprint density at radius 1 is 1.15 bits per heavy atom. The van der Waals surface area contributed by atoms with Crippen LogP contribution in [-0.4, -0.2) is 61.0 Å². The van der Waals surface area contributed by atoms with E-state index in [0.29, 0.717) is 11.9 Å². The Labute approximate surface area is 123 Å². The molecule has 116 valence electrons. The highest BCUT2D eigenvalue weighted by Crippen LogP contribution is 2.28. The van der Waals surface area contributed by atoms with Crippen LogP contribution in [0.5, 0.6) is 0 Å². The minimum atomic E-state index is -0.326. The Balaban J connectivity index is 2.05. The van der Waals surface area contributed by atoms with Gasteiger partial charge in [0.15, 0.2) is 0 Å². The normalized spacial score (nSPS) is 28.0. The van der Waals surface area contributed by atoms with Crippen LogP contribution in [0, 0.1) is 0 Å². The highest BCUT2D eigenvalue weighted by atomic mass is 16.2. The summed E-state index contributed by atoms with van der Waals surface area (Å²) in [4.78, 5) is 17.4. The fourth-order valence-corrected chi connectivity index (χ4v) is 3.53. The molecule has 1 amide bonds. The van der Waals surface area contributed by atoms with Gasteiger partial charge >= 0.3 is 0 Å². The highest BCUT2D eigenvalue weighted by Gasteiger charge is 2.40. The minimum absolute atomic E-state index is 0.326. The van der Waals surface area contributed by atoms with Gasteiger partial charge in [-0.2, -0.15) is 0 Å². The number of carbonyl (C=O) groups is 1. The molecule has 20 heavy (non-hydrogen) atoms. The molecule has 4 heteroatoms. The van der Waals surface area contributed by atoms with E-state index in [9.17, 15) is 4.79 Å². The Kier molecular flexibility index (Phi) is 5.44. The smallest absolute Gasteiger partial charge is 0.242 e. The second-order valence-electron chi connectivity index (χ2n) is 6.96. The molecule has 1 saturated heterocycles. The van der Waals surface area contributed by atoms with Gasteiger partial charge < -0.3 is 15.1 Å². The molecule has 1 N–H and O–H groups in total. The van der Waals surface area contributed by atoms with Crippen molar-refractivity contribution in [3.05, 3.63) is 0 Å². The first-order valence-electron chi connectivity index (χ1n) is 8.24. The predicted octanol–water partition coefficient (Wildman–Crippen LogP) is 1.85. The Morgan fingerprint density at radius 2 is 1.85 bits per heavy atom. The van der Waals surface area contributed by atoms with Crippen molar-refractivity contribution in [1.29, 1.82) is 0 Å². The Bertz CT molecular complexity index is 318. The number of carbonyl (C=O) groups excluding carboxylic acids is 1. The lowest BCUT2D eigenvalue weighted by Gasteiger charge is -2.40. The van der Waals surface area contributed by atoms with Gasteiger partial charge in [-0.05, 0) is 59.7 Å². The highest BCUT2D eigenvalue weighted by molar-refractivity contribution is 5.86. The van der Waals surface area contributed by atoms with Gasteiger partial charge in [-0.25, -0.2) is 0 Å². The summed E-state index contributed by atoms with van der Waals surface area (Å²) in [7, 11) is 4.16. The molecular weight excluding hydrogens is 250 g/mol. The SMILES string of the molecule is CN(C)CCN(C(=O)C1(C)CCCCN1)C1CCCC1. The minimum Gasteiger partial charge on any atom is -0.337 e. The molecule has 0 spiro atoms. The molecule has 2 aliphatic rings. The number of hydrogen-bond acceptors (Lipinski definition) is 3. The third-order valence-corrected chi connectivity index (χ3v) is 4.91. The lowest BCUT2D eigenvalue weighted by molar-refractivity contribution is -0.141. The number of piperidine rings is 1. The van der Waals surface area contributed by atoms with E-state index in [2.05, 4.69) is 36.1 Å². The second-order valence-corrected chi connectivity index (χ2v) is 6.96. The summed E-state index contributed by atoms with van der Waals surface area (Å²) in [6.07, 6.45) is 8.29. The molecule has 0 aromatic carbocycles. The lowest BCUT2D eigenvalue weighted by Crippen LogP contribution is -2.60. The summed E-state index contributed by atoms with van der Waals surface area (Å²) in [6, 6.07) is 0.475. The third-order valence-electron chi connectivity index (χ3n) is 4.91. The number of amides is 1. The summed E-state index contributed by atoms with van der Waals surface area (Å²) in [6.45, 7) is 4.91. The van der Waals surface area contributed by atoms with E-state index in [1.165, 1.54) is 38.5 Å². The van der Waals surface area contributed by atoms with Crippen LogP contribution in [0.1, 0.15) is 51.9 Å². The number of hydrogen-bond donors (Lipinski definition) is 1. The zero-order valence-corrected chi connectivity index (χ0v) is 13.5. The largest absolute Gasteiger partial charge is 0.337 e. The van der Waals surface area contributed by atoms with Gasteiger partial charge in [-0.1, -0.05) is 12.8 Å². The van der Waals surface area contributed by atoms with Crippen molar-refractivity contribution in [3.63, 3.8) is 0 Å². The molecule has 0 aromatic rings. The first-order chi connectivity index (χ1) is 9.53. The fraction of sp³-hybridized carbons (Fsp3) is 0.938. The molecule has 1 unspecified atom stereocenters. The van der Waals surface area contributed by atoms with Crippen molar-refractivity contribution < 1.29 is 4.79 Å². The molecule has 1 heterocycles. The van der Waals surface area contributed by atoms with Crippen LogP contribution < -0.4 is 5.32 Å². The molecule has 1 aliphatic carbocycles. The van der Waals surface area contributed by atoms with Gasteiger partial charge in [0, 0.05) is 19.1 Å². The van der Waals surface area contributed by atoms with E-state index in [1.807, 2.05) is 0 Å². The zero-order valence-electron chi connectivity index (χ0n) is 13.5. The average molecular weight is 281 g/mol. The van der Waals surface area contributed by atoms with Crippen LogP contribution >= 0.6 is 0 Å². The molecule has 0 bridgehead atoms. The van der Waals surface area contributed by atoms with E-state index < -0.39 is 0 Å². The molecule has 2 rings (SSSR count). The van der Waals surface area contributed by atoms with E-state index in [-0.39, 0.29) is 5.54 Å². The van der Waals surface area contributed by atoms with Crippen molar-refractivity contribution in [2.75, 3.05) is 33.7 Å². The average Bonchev–Trinajstić information content (AvgIpc) is 2.93. The van der Waals surface area contributed by atoms with Gasteiger partial charge in [0.2, 0.25) is 5.91 Å². The van der Waals surface area contributed by atoms with Crippen molar-refractivity contribution in [2.24, 2.45) is 0 Å². The second kappa shape index (κ2) is 6.90. The van der Waals surface area contributed by atoms with Crippen molar-refractivity contribution in [3.8, 4) is 0 Å². The molecule has 0 aromatic heterocycles. The van der Waals surface area contributed by atoms with E-state index in [4.69, 9.17) is 0 Å². The number of nitrogens with one attached hydrogen (secondary N) is 1. The summed E-state index contributed by atoms with van der Waals surface area (Å²) in [5.74, 6) is 0.339. The molecule has 4 nitrogen and oxygen atoms in total. The zero-order chi connectivity index (χ0) is 14.6. The fourth-order valence-electron chi connectivity index (χ4n) is 3.53. The van der Waals surface area contributed by atoms with E-state index in [1.54, 1.807) is 0 Å². The number of likely N-dealkylation sites (N-methyl/N-ethyl adjacent to an activating group) is 1. The third kappa shape index (κ3) is 3.73. The molecule has 1 aliphatic heterocycles. The van der Waals surface area contributed by atoms with E-state index >= 15 is 0 Å². The number of nitrogens with zero attached hydrogens (tertiary/aromatic N) is 2. The summed E-state index contributed by atoms with van der Waals surface area (Å²) < 4.78 is 0. The van der Waals surface area contributed by atoms with Gasteiger partial charge in [0.1, 0.15) is 0 Å². The molecule has 0 radical (unpaired) electrons. The van der Waals surface area contributed by atoms with Crippen LogP contribution in [0.25, 0.3) is 0 Å². The van der Waals surface area contributed by atoms with Gasteiger partial charge in [-0.15, -0.1) is 0 Å². The first kappa shape index (κ1) is 15.8. The maximum atomic E-state index is 13.1. The molecule has 1 saturated carbocycles. The first-order valence-corrected chi connectivity index (χ1v) is 8.24. The number of rotatable bonds is 5. The predicted molar refractivity (Wildman–Crippen MR) is 82.8 cm³/mol. The quantitative estimate of drug-likeness (QED) is 0.835. The summed E-state index contributed by atoms with van der Waals surface area (Å²) in [5, 5.41) is 3.48. The van der Waals surface area contributed by atoms with Gasteiger partial charge in [-0.3, -0.25) is 4.79 Å². The van der Waals surface area contributed by atoms with Crippen molar-refractivity contribution >= 4 is 5.91 Å². The Morgan fingerprint density at radius 3 is 2.40 bits per heavy atom. The summed E-state index contributed by atoms with van der Waals surface area (Å²) >= 11 is 0. The monoisotopic (exact) mass is 281 g/mol. The Hall–Kier alpha value is -0.610. The summed E-state index contributed by atoms with van der Waals surface area (Å²) in [5.41, 5.74) is -0.326. The van der Waals surface area contributed by atoms with E-state index in [0.717, 1.165) is 26.1 Å². The van der Waals surface area contributed by atoms with Crippen LogP contribution in [0.3, 0.4) is 0 Å². The van der Waals surface area contributed by atoms with Gasteiger partial charge in [0.25, 0.3) is 0 Å². The van der Waals surface area contributed by atoms with Crippen molar-refractivity contribution in [1.82, 2.24) is 15.1 Å².